The number of para-hydroxylation sites is 1. The van der Waals surface area contributed by atoms with Crippen molar-refractivity contribution in [1.82, 2.24) is 5.32 Å². The summed E-state index contributed by atoms with van der Waals surface area (Å²) in [6, 6.07) is 7.83. The van der Waals surface area contributed by atoms with E-state index >= 15 is 0 Å². The topological polar surface area (TPSA) is 84.9 Å². The van der Waals surface area contributed by atoms with E-state index in [1.54, 1.807) is 0 Å². The molecule has 2 bridgehead atoms. The molecule has 2 N–H and O–H groups in total. The van der Waals surface area contributed by atoms with Crippen molar-refractivity contribution in [1.29, 1.82) is 0 Å². The molecule has 3 fully saturated rings. The minimum absolute atomic E-state index is 0.0250. The zero-order valence-electron chi connectivity index (χ0n) is 16.0. The van der Waals surface area contributed by atoms with Crippen LogP contribution < -0.4 is 10.1 Å². The minimum Gasteiger partial charge on any atom is -0.487 e. The van der Waals surface area contributed by atoms with Crippen LogP contribution in [-0.4, -0.2) is 35.8 Å². The Balaban J connectivity index is 1.40. The van der Waals surface area contributed by atoms with Gasteiger partial charge in [0, 0.05) is 24.8 Å². The number of amides is 1. The van der Waals surface area contributed by atoms with Gasteiger partial charge in [-0.15, -0.1) is 0 Å². The van der Waals surface area contributed by atoms with E-state index in [9.17, 15) is 14.7 Å². The van der Waals surface area contributed by atoms with E-state index in [0.717, 1.165) is 30.6 Å². The van der Waals surface area contributed by atoms with Crippen molar-refractivity contribution in [2.24, 2.45) is 10.8 Å². The second-order valence-electron chi connectivity index (χ2n) is 9.21. The Bertz CT molecular complexity index is 805. The first kappa shape index (κ1) is 18.0. The largest absolute Gasteiger partial charge is 0.487 e. The average molecular weight is 385 g/mol. The van der Waals surface area contributed by atoms with Gasteiger partial charge in [0.15, 0.2) is 0 Å². The molecule has 1 aromatic carbocycles. The Hall–Kier alpha value is -2.08. The molecule has 6 heteroatoms. The van der Waals surface area contributed by atoms with Crippen LogP contribution >= 0.6 is 0 Å². The van der Waals surface area contributed by atoms with Gasteiger partial charge in [0.05, 0.1) is 30.1 Å². The quantitative estimate of drug-likeness (QED) is 0.835. The Kier molecular flexibility index (Phi) is 3.99. The Morgan fingerprint density at radius 1 is 1.00 bits per heavy atom. The monoisotopic (exact) mass is 385 g/mol. The molecule has 2 saturated carbocycles. The van der Waals surface area contributed by atoms with Crippen molar-refractivity contribution in [3.05, 3.63) is 29.8 Å². The molecule has 6 nitrogen and oxygen atoms in total. The number of carboxylic acid groups (broad SMARTS) is 1. The van der Waals surface area contributed by atoms with Gasteiger partial charge in [0.1, 0.15) is 11.4 Å². The first-order valence-electron chi connectivity index (χ1n) is 10.4. The van der Waals surface area contributed by atoms with Gasteiger partial charge in [-0.3, -0.25) is 9.59 Å². The fourth-order valence-corrected chi connectivity index (χ4v) is 5.91. The summed E-state index contributed by atoms with van der Waals surface area (Å²) in [6.07, 6.45) is 5.43. The summed E-state index contributed by atoms with van der Waals surface area (Å²) in [5.41, 5.74) is -0.482. The molecule has 2 aliphatic heterocycles. The maximum atomic E-state index is 13.4. The molecule has 0 radical (unpaired) electrons. The van der Waals surface area contributed by atoms with Gasteiger partial charge in [-0.2, -0.15) is 0 Å². The smallest absolute Gasteiger partial charge is 0.309 e. The van der Waals surface area contributed by atoms with Crippen LogP contribution in [0.3, 0.4) is 0 Å². The highest BCUT2D eigenvalue weighted by Crippen LogP contribution is 2.62. The fraction of sp³-hybridized carbons (Fsp3) is 0.636. The minimum atomic E-state index is -0.739. The van der Waals surface area contributed by atoms with Gasteiger partial charge < -0.3 is 19.9 Å². The predicted octanol–water partition coefficient (Wildman–Crippen LogP) is 3.21. The molecule has 150 valence electrons. The normalized spacial score (nSPS) is 35.2. The fourth-order valence-electron chi connectivity index (χ4n) is 5.91. The molecule has 0 aromatic heterocycles. The number of ether oxygens (including phenoxy) is 2. The number of benzene rings is 1. The molecule has 2 aliphatic carbocycles. The van der Waals surface area contributed by atoms with Gasteiger partial charge >= 0.3 is 5.97 Å². The number of carbonyl (C=O) groups excluding carboxylic acids is 1. The van der Waals surface area contributed by atoms with E-state index in [0.29, 0.717) is 45.3 Å². The first-order chi connectivity index (χ1) is 13.5. The van der Waals surface area contributed by atoms with Crippen molar-refractivity contribution >= 4 is 11.9 Å². The van der Waals surface area contributed by atoms with E-state index in [1.807, 2.05) is 24.3 Å². The van der Waals surface area contributed by atoms with E-state index in [2.05, 4.69) is 5.32 Å². The van der Waals surface area contributed by atoms with Gasteiger partial charge in [-0.05, 0) is 38.2 Å². The van der Waals surface area contributed by atoms with Crippen LogP contribution in [0.15, 0.2) is 24.3 Å². The number of nitrogens with one attached hydrogen (secondary N) is 1. The lowest BCUT2D eigenvalue weighted by Crippen LogP contribution is -2.50. The van der Waals surface area contributed by atoms with Crippen LogP contribution in [0.4, 0.5) is 0 Å². The molecule has 1 unspecified atom stereocenters. The standard InChI is InChI=1S/C22H27NO5/c24-18(20-5-7-21(14-20,8-6-20)19(25)26)23-16-13-22(9-11-27-12-10-22)28-17-4-2-1-3-15(16)17/h1-4,16H,5-14H2,(H,23,24)(H,25,26). The van der Waals surface area contributed by atoms with Crippen molar-refractivity contribution in [3.8, 4) is 5.75 Å². The summed E-state index contributed by atoms with van der Waals surface area (Å²) in [5, 5.41) is 13.0. The van der Waals surface area contributed by atoms with E-state index in [1.165, 1.54) is 0 Å². The summed E-state index contributed by atoms with van der Waals surface area (Å²) < 4.78 is 11.9. The van der Waals surface area contributed by atoms with Crippen LogP contribution in [0.25, 0.3) is 0 Å². The summed E-state index contributed by atoms with van der Waals surface area (Å²) in [4.78, 5) is 25.1. The number of hydrogen-bond acceptors (Lipinski definition) is 4. The van der Waals surface area contributed by atoms with Crippen molar-refractivity contribution in [2.45, 2.75) is 63.0 Å². The number of aliphatic carboxylic acids is 1. The number of carboxylic acids is 1. The van der Waals surface area contributed by atoms with E-state index in [-0.39, 0.29) is 17.6 Å². The molecule has 1 spiro atoms. The third-order valence-electron chi connectivity index (χ3n) is 7.68. The van der Waals surface area contributed by atoms with Crippen LogP contribution in [-0.2, 0) is 14.3 Å². The highest BCUT2D eigenvalue weighted by molar-refractivity contribution is 5.87. The zero-order chi connectivity index (χ0) is 19.4. The molecular weight excluding hydrogens is 358 g/mol. The third-order valence-corrected chi connectivity index (χ3v) is 7.68. The highest BCUT2D eigenvalue weighted by Gasteiger charge is 2.61. The van der Waals surface area contributed by atoms with Crippen LogP contribution in [0, 0.1) is 10.8 Å². The van der Waals surface area contributed by atoms with E-state index < -0.39 is 16.8 Å². The molecule has 1 saturated heterocycles. The Labute approximate surface area is 164 Å². The summed E-state index contributed by atoms with van der Waals surface area (Å²) in [7, 11) is 0. The lowest BCUT2D eigenvalue weighted by molar-refractivity contribution is -0.148. The van der Waals surface area contributed by atoms with Gasteiger partial charge in [-0.25, -0.2) is 0 Å². The highest BCUT2D eigenvalue weighted by atomic mass is 16.5. The van der Waals surface area contributed by atoms with Gasteiger partial charge in [0.25, 0.3) is 0 Å². The second-order valence-corrected chi connectivity index (χ2v) is 9.21. The average Bonchev–Trinajstić information content (AvgIpc) is 3.28. The molecular formula is C22H27NO5. The number of hydrogen-bond donors (Lipinski definition) is 2. The lowest BCUT2D eigenvalue weighted by atomic mass is 9.79. The van der Waals surface area contributed by atoms with Crippen LogP contribution in [0.2, 0.25) is 0 Å². The summed E-state index contributed by atoms with van der Waals surface area (Å²) >= 11 is 0. The Morgan fingerprint density at radius 3 is 2.36 bits per heavy atom. The third kappa shape index (κ3) is 2.65. The molecule has 4 aliphatic rings. The Morgan fingerprint density at radius 2 is 1.68 bits per heavy atom. The number of rotatable bonds is 3. The molecule has 2 heterocycles. The zero-order valence-corrected chi connectivity index (χ0v) is 16.0. The second kappa shape index (κ2) is 6.21. The maximum Gasteiger partial charge on any atom is 0.309 e. The first-order valence-corrected chi connectivity index (χ1v) is 10.4. The SMILES string of the molecule is O=C(O)C12CCC(C(=O)NC3CC4(CCOCC4)Oc4ccccc43)(CC1)C2. The predicted molar refractivity (Wildman–Crippen MR) is 101 cm³/mol. The molecule has 28 heavy (non-hydrogen) atoms. The van der Waals surface area contributed by atoms with Crippen molar-refractivity contribution < 1.29 is 24.2 Å². The maximum absolute atomic E-state index is 13.4. The number of fused-ring (bicyclic) bond motifs is 3. The van der Waals surface area contributed by atoms with Crippen LogP contribution in [0.5, 0.6) is 5.75 Å². The molecule has 1 amide bonds. The molecule has 5 rings (SSSR count). The van der Waals surface area contributed by atoms with Crippen molar-refractivity contribution in [3.63, 3.8) is 0 Å². The lowest BCUT2D eigenvalue weighted by Gasteiger charge is -2.45. The van der Waals surface area contributed by atoms with Crippen molar-refractivity contribution in [2.75, 3.05) is 13.2 Å². The van der Waals surface area contributed by atoms with Crippen LogP contribution in [0.1, 0.15) is 63.0 Å². The van der Waals surface area contributed by atoms with Gasteiger partial charge in [-0.1, -0.05) is 18.2 Å². The summed E-state index contributed by atoms with van der Waals surface area (Å²) in [6.45, 7) is 1.35. The molecule has 1 aromatic rings. The van der Waals surface area contributed by atoms with E-state index in [4.69, 9.17) is 9.47 Å². The number of carbonyl (C=O) groups is 2. The van der Waals surface area contributed by atoms with Gasteiger partial charge in [0.2, 0.25) is 5.91 Å². The summed E-state index contributed by atoms with van der Waals surface area (Å²) in [5.74, 6) is 0.130. The molecule has 1 atom stereocenters.